The van der Waals surface area contributed by atoms with Crippen molar-refractivity contribution in [2.24, 2.45) is 0 Å². The fourth-order valence-corrected chi connectivity index (χ4v) is 4.48. The lowest BCUT2D eigenvalue weighted by Gasteiger charge is -2.22. The van der Waals surface area contributed by atoms with Crippen LogP contribution in [-0.4, -0.2) is 33.6 Å². The predicted octanol–water partition coefficient (Wildman–Crippen LogP) is 2.60. The zero-order valence-electron chi connectivity index (χ0n) is 12.1. The van der Waals surface area contributed by atoms with Crippen LogP contribution in [0.2, 0.25) is 0 Å². The third-order valence-electron chi connectivity index (χ3n) is 4.13. The number of phenolic OH excluding ortho intramolecular Hbond substituents is 1. The Morgan fingerprint density at radius 2 is 1.91 bits per heavy atom. The van der Waals surface area contributed by atoms with E-state index in [1.165, 1.54) is 12.1 Å². The molecule has 0 spiro atoms. The van der Waals surface area contributed by atoms with Gasteiger partial charge in [0.1, 0.15) is 17.2 Å². The van der Waals surface area contributed by atoms with Crippen LogP contribution >= 0.6 is 11.8 Å². The maximum absolute atomic E-state index is 12.6. The Morgan fingerprint density at radius 1 is 1.17 bits per heavy atom. The first-order chi connectivity index (χ1) is 11.1. The molecule has 1 fully saturated rings. The SMILES string of the molecule is O=C(Nc1ccc(O)cc1)[C@@H]1CS[C@@H]2c3ccccc3C(=O)N21. The highest BCUT2D eigenvalue weighted by Crippen LogP contribution is 2.48. The second-order valence-corrected chi connectivity index (χ2v) is 6.65. The maximum Gasteiger partial charge on any atom is 0.256 e. The van der Waals surface area contributed by atoms with E-state index in [1.807, 2.05) is 24.3 Å². The van der Waals surface area contributed by atoms with Crippen molar-refractivity contribution in [3.8, 4) is 5.75 Å². The number of anilines is 1. The summed E-state index contributed by atoms with van der Waals surface area (Å²) in [6.45, 7) is 0. The van der Waals surface area contributed by atoms with Crippen LogP contribution in [0, 0.1) is 0 Å². The number of fused-ring (bicyclic) bond motifs is 3. The zero-order valence-corrected chi connectivity index (χ0v) is 12.9. The van der Waals surface area contributed by atoms with Gasteiger partial charge in [0, 0.05) is 17.0 Å². The highest BCUT2D eigenvalue weighted by atomic mass is 32.2. The van der Waals surface area contributed by atoms with E-state index >= 15 is 0 Å². The van der Waals surface area contributed by atoms with Crippen molar-refractivity contribution >= 4 is 29.3 Å². The molecule has 2 atom stereocenters. The number of nitrogens with zero attached hydrogens (tertiary/aromatic N) is 1. The lowest BCUT2D eigenvalue weighted by molar-refractivity contribution is -0.119. The van der Waals surface area contributed by atoms with Gasteiger partial charge in [-0.1, -0.05) is 18.2 Å². The normalized spacial score (nSPS) is 21.9. The van der Waals surface area contributed by atoms with Crippen LogP contribution < -0.4 is 5.32 Å². The van der Waals surface area contributed by atoms with Crippen LogP contribution in [0.25, 0.3) is 0 Å². The average Bonchev–Trinajstić information content (AvgIpc) is 3.11. The number of carbonyl (C=O) groups excluding carboxylic acids is 2. The highest BCUT2D eigenvalue weighted by molar-refractivity contribution is 7.99. The minimum atomic E-state index is -0.487. The molecule has 2 heterocycles. The molecule has 2 N–H and O–H groups in total. The smallest absolute Gasteiger partial charge is 0.256 e. The van der Waals surface area contributed by atoms with Gasteiger partial charge in [-0.2, -0.15) is 0 Å². The standard InChI is InChI=1S/C17H14N2O3S/c20-11-7-5-10(6-8-11)18-15(21)14-9-23-17-13-4-2-1-3-12(13)16(22)19(14)17/h1-8,14,17,20H,9H2,(H,18,21)/t14-,17+/m0/s1. The van der Waals surface area contributed by atoms with Gasteiger partial charge in [0.15, 0.2) is 0 Å². The lowest BCUT2D eigenvalue weighted by atomic mass is 10.1. The van der Waals surface area contributed by atoms with E-state index in [-0.39, 0.29) is 22.9 Å². The van der Waals surface area contributed by atoms with E-state index in [4.69, 9.17) is 0 Å². The van der Waals surface area contributed by atoms with Crippen LogP contribution in [0.3, 0.4) is 0 Å². The number of phenols is 1. The molecule has 5 nitrogen and oxygen atoms in total. The topological polar surface area (TPSA) is 69.6 Å². The molecule has 6 heteroatoms. The molecule has 116 valence electrons. The number of rotatable bonds is 2. The first-order valence-electron chi connectivity index (χ1n) is 7.28. The average molecular weight is 326 g/mol. The minimum Gasteiger partial charge on any atom is -0.508 e. The Kier molecular flexibility index (Phi) is 3.27. The summed E-state index contributed by atoms with van der Waals surface area (Å²) in [5.41, 5.74) is 2.28. The van der Waals surface area contributed by atoms with E-state index in [9.17, 15) is 14.7 Å². The second kappa shape index (κ2) is 5.31. The summed E-state index contributed by atoms with van der Waals surface area (Å²) in [4.78, 5) is 26.8. The number of carbonyl (C=O) groups is 2. The number of hydrogen-bond acceptors (Lipinski definition) is 4. The molecule has 0 aromatic heterocycles. The van der Waals surface area contributed by atoms with E-state index in [0.29, 0.717) is 17.0 Å². The van der Waals surface area contributed by atoms with E-state index < -0.39 is 6.04 Å². The van der Waals surface area contributed by atoms with Gasteiger partial charge < -0.3 is 15.3 Å². The highest BCUT2D eigenvalue weighted by Gasteiger charge is 2.48. The fraction of sp³-hybridized carbons (Fsp3) is 0.176. The molecule has 0 radical (unpaired) electrons. The molecular formula is C17H14N2O3S. The van der Waals surface area contributed by atoms with E-state index in [0.717, 1.165) is 5.56 Å². The quantitative estimate of drug-likeness (QED) is 0.832. The van der Waals surface area contributed by atoms with Crippen molar-refractivity contribution in [2.75, 3.05) is 11.1 Å². The molecule has 2 aromatic rings. The van der Waals surface area contributed by atoms with Crippen molar-refractivity contribution in [2.45, 2.75) is 11.4 Å². The van der Waals surface area contributed by atoms with E-state index in [1.54, 1.807) is 28.8 Å². The Bertz CT molecular complexity index is 791. The summed E-state index contributed by atoms with van der Waals surface area (Å²) in [5, 5.41) is 12.0. The Morgan fingerprint density at radius 3 is 2.70 bits per heavy atom. The summed E-state index contributed by atoms with van der Waals surface area (Å²) in [6.07, 6.45) is 0. The fourth-order valence-electron chi connectivity index (χ4n) is 3.01. The van der Waals surface area contributed by atoms with Gasteiger partial charge in [0.25, 0.3) is 5.91 Å². The number of hydrogen-bond donors (Lipinski definition) is 2. The van der Waals surface area contributed by atoms with Gasteiger partial charge in [-0.3, -0.25) is 9.59 Å². The Balaban J connectivity index is 1.56. The second-order valence-electron chi connectivity index (χ2n) is 5.54. The van der Waals surface area contributed by atoms with Gasteiger partial charge in [-0.25, -0.2) is 0 Å². The first-order valence-corrected chi connectivity index (χ1v) is 8.33. The van der Waals surface area contributed by atoms with Gasteiger partial charge in [0.2, 0.25) is 5.91 Å². The van der Waals surface area contributed by atoms with Crippen LogP contribution in [0.4, 0.5) is 5.69 Å². The molecule has 0 unspecified atom stereocenters. The summed E-state index contributed by atoms with van der Waals surface area (Å²) in [5.74, 6) is 0.437. The number of amides is 2. The predicted molar refractivity (Wildman–Crippen MR) is 88.3 cm³/mol. The third-order valence-corrected chi connectivity index (χ3v) is 5.43. The third kappa shape index (κ3) is 2.26. The molecule has 2 aromatic carbocycles. The van der Waals surface area contributed by atoms with Gasteiger partial charge in [0.05, 0.1) is 0 Å². The summed E-state index contributed by atoms with van der Waals surface area (Å²) >= 11 is 1.61. The lowest BCUT2D eigenvalue weighted by Crippen LogP contribution is -2.42. The molecule has 2 amide bonds. The van der Waals surface area contributed by atoms with Crippen molar-refractivity contribution in [1.29, 1.82) is 0 Å². The summed E-state index contributed by atoms with van der Waals surface area (Å²) in [7, 11) is 0. The van der Waals surface area contributed by atoms with Gasteiger partial charge >= 0.3 is 0 Å². The number of nitrogens with one attached hydrogen (secondary N) is 1. The molecule has 23 heavy (non-hydrogen) atoms. The van der Waals surface area contributed by atoms with Crippen LogP contribution in [0.15, 0.2) is 48.5 Å². The van der Waals surface area contributed by atoms with Gasteiger partial charge in [-0.15, -0.1) is 11.8 Å². The number of thioether (sulfide) groups is 1. The Labute approximate surface area is 137 Å². The van der Waals surface area contributed by atoms with Gasteiger partial charge in [-0.05, 0) is 35.9 Å². The minimum absolute atomic E-state index is 0.0748. The Hall–Kier alpha value is -2.47. The van der Waals surface area contributed by atoms with Crippen molar-refractivity contribution in [3.05, 3.63) is 59.7 Å². The summed E-state index contributed by atoms with van der Waals surface area (Å²) < 4.78 is 0. The van der Waals surface area contributed by atoms with Crippen LogP contribution in [0.1, 0.15) is 21.3 Å². The summed E-state index contributed by atoms with van der Waals surface area (Å²) in [6, 6.07) is 13.3. The largest absolute Gasteiger partial charge is 0.508 e. The maximum atomic E-state index is 12.6. The number of aromatic hydroxyl groups is 1. The first kappa shape index (κ1) is 14.1. The number of benzene rings is 2. The molecule has 2 aliphatic heterocycles. The molecule has 0 bridgehead atoms. The zero-order chi connectivity index (χ0) is 16.0. The molecule has 4 rings (SSSR count). The monoisotopic (exact) mass is 326 g/mol. The molecular weight excluding hydrogens is 312 g/mol. The molecule has 2 aliphatic rings. The molecule has 0 saturated carbocycles. The van der Waals surface area contributed by atoms with Crippen molar-refractivity contribution < 1.29 is 14.7 Å². The molecule has 1 saturated heterocycles. The van der Waals surface area contributed by atoms with Crippen LogP contribution in [-0.2, 0) is 4.79 Å². The van der Waals surface area contributed by atoms with E-state index in [2.05, 4.69) is 5.32 Å². The van der Waals surface area contributed by atoms with Crippen LogP contribution in [0.5, 0.6) is 5.75 Å². The van der Waals surface area contributed by atoms with Crippen molar-refractivity contribution in [3.63, 3.8) is 0 Å². The molecule has 0 aliphatic carbocycles. The van der Waals surface area contributed by atoms with Crippen molar-refractivity contribution in [1.82, 2.24) is 4.90 Å².